The van der Waals surface area contributed by atoms with Gasteiger partial charge in [-0.2, -0.15) is 0 Å². The maximum absolute atomic E-state index is 10.4. The van der Waals surface area contributed by atoms with Crippen molar-refractivity contribution in [2.45, 2.75) is 33.6 Å². The van der Waals surface area contributed by atoms with Gasteiger partial charge in [-0.1, -0.05) is 32.9 Å². The number of carbonyl (C=O) groups excluding carboxylic acids is 1. The van der Waals surface area contributed by atoms with Crippen molar-refractivity contribution in [2.75, 3.05) is 0 Å². The Morgan fingerprint density at radius 2 is 2.00 bits per heavy atom. The minimum absolute atomic E-state index is 0.169. The molecule has 0 fully saturated rings. The molecule has 1 nitrogen and oxygen atoms in total. The molecule has 0 spiro atoms. The summed E-state index contributed by atoms with van der Waals surface area (Å²) in [6, 6.07) is 0. The second-order valence-electron chi connectivity index (χ2n) is 2.90. The number of hydrogen-bond donors (Lipinski definition) is 0. The first-order valence-corrected chi connectivity index (χ1v) is 4.38. The van der Waals surface area contributed by atoms with Crippen LogP contribution in [0, 0.1) is 11.8 Å². The Kier molecular flexibility index (Phi) is 5.81. The SMILES string of the molecule is CC/C=C\C(CC)C(C)C=O. The Bertz CT molecular complexity index is 127. The highest BCUT2D eigenvalue weighted by atomic mass is 16.1. The van der Waals surface area contributed by atoms with Crippen molar-refractivity contribution in [3.63, 3.8) is 0 Å². The molecule has 64 valence electrons. The van der Waals surface area contributed by atoms with E-state index in [1.54, 1.807) is 0 Å². The topological polar surface area (TPSA) is 17.1 Å². The van der Waals surface area contributed by atoms with Crippen molar-refractivity contribution < 1.29 is 4.79 Å². The summed E-state index contributed by atoms with van der Waals surface area (Å²) < 4.78 is 0. The number of aldehydes is 1. The molecule has 0 radical (unpaired) electrons. The van der Waals surface area contributed by atoms with Crippen LogP contribution in [-0.4, -0.2) is 6.29 Å². The summed E-state index contributed by atoms with van der Waals surface area (Å²) in [6.07, 6.45) is 7.43. The van der Waals surface area contributed by atoms with Gasteiger partial charge in [0.1, 0.15) is 6.29 Å². The largest absolute Gasteiger partial charge is 0.303 e. The predicted molar refractivity (Wildman–Crippen MR) is 48.4 cm³/mol. The van der Waals surface area contributed by atoms with E-state index in [0.717, 1.165) is 19.1 Å². The van der Waals surface area contributed by atoms with Crippen LogP contribution >= 0.6 is 0 Å². The molecule has 1 heteroatoms. The van der Waals surface area contributed by atoms with Crippen molar-refractivity contribution in [1.82, 2.24) is 0 Å². The average Bonchev–Trinajstić information content (AvgIpc) is 2.05. The Morgan fingerprint density at radius 3 is 2.36 bits per heavy atom. The van der Waals surface area contributed by atoms with E-state index in [2.05, 4.69) is 26.0 Å². The molecule has 0 aromatic carbocycles. The van der Waals surface area contributed by atoms with E-state index in [1.807, 2.05) is 6.92 Å². The highest BCUT2D eigenvalue weighted by Crippen LogP contribution is 2.14. The number of hydrogen-bond acceptors (Lipinski definition) is 1. The maximum atomic E-state index is 10.4. The first-order chi connectivity index (χ1) is 5.26. The van der Waals surface area contributed by atoms with Crippen LogP contribution in [-0.2, 0) is 4.79 Å². The Balaban J connectivity index is 3.93. The van der Waals surface area contributed by atoms with Gasteiger partial charge in [-0.25, -0.2) is 0 Å². The highest BCUT2D eigenvalue weighted by molar-refractivity contribution is 5.53. The van der Waals surface area contributed by atoms with Gasteiger partial charge in [0.2, 0.25) is 0 Å². The van der Waals surface area contributed by atoms with E-state index in [4.69, 9.17) is 0 Å². The third-order valence-electron chi connectivity index (χ3n) is 1.98. The molecular weight excluding hydrogens is 136 g/mol. The zero-order valence-corrected chi connectivity index (χ0v) is 7.71. The average molecular weight is 154 g/mol. The quantitative estimate of drug-likeness (QED) is 0.439. The van der Waals surface area contributed by atoms with Crippen LogP contribution in [0.5, 0.6) is 0 Å². The molecule has 0 bridgehead atoms. The van der Waals surface area contributed by atoms with Gasteiger partial charge in [0.05, 0.1) is 0 Å². The fraction of sp³-hybridized carbons (Fsp3) is 0.700. The van der Waals surface area contributed by atoms with Crippen LogP contribution in [0.3, 0.4) is 0 Å². The van der Waals surface area contributed by atoms with E-state index in [1.165, 1.54) is 0 Å². The zero-order chi connectivity index (χ0) is 8.69. The molecule has 0 N–H and O–H groups in total. The first kappa shape index (κ1) is 10.4. The fourth-order valence-corrected chi connectivity index (χ4v) is 1.09. The van der Waals surface area contributed by atoms with Crippen LogP contribution in [0.15, 0.2) is 12.2 Å². The summed E-state index contributed by atoms with van der Waals surface area (Å²) in [5.74, 6) is 0.607. The molecule has 0 saturated heterocycles. The molecule has 0 aliphatic carbocycles. The van der Waals surface area contributed by atoms with Crippen LogP contribution in [0.1, 0.15) is 33.6 Å². The molecule has 0 aliphatic heterocycles. The van der Waals surface area contributed by atoms with Gasteiger partial charge in [-0.15, -0.1) is 0 Å². The van der Waals surface area contributed by atoms with E-state index in [9.17, 15) is 4.79 Å². The van der Waals surface area contributed by atoms with Gasteiger partial charge in [-0.3, -0.25) is 0 Å². The number of rotatable bonds is 5. The second kappa shape index (κ2) is 6.14. The Morgan fingerprint density at radius 1 is 1.36 bits per heavy atom. The van der Waals surface area contributed by atoms with Crippen LogP contribution in [0.25, 0.3) is 0 Å². The minimum Gasteiger partial charge on any atom is -0.303 e. The van der Waals surface area contributed by atoms with Gasteiger partial charge < -0.3 is 4.79 Å². The molecule has 0 saturated carbocycles. The third-order valence-corrected chi connectivity index (χ3v) is 1.98. The summed E-state index contributed by atoms with van der Waals surface area (Å²) in [4.78, 5) is 10.4. The van der Waals surface area contributed by atoms with E-state index >= 15 is 0 Å². The molecule has 2 unspecified atom stereocenters. The molecule has 11 heavy (non-hydrogen) atoms. The van der Waals surface area contributed by atoms with Crippen LogP contribution in [0.4, 0.5) is 0 Å². The summed E-state index contributed by atoms with van der Waals surface area (Å²) in [5, 5.41) is 0. The van der Waals surface area contributed by atoms with Gasteiger partial charge in [0, 0.05) is 5.92 Å². The lowest BCUT2D eigenvalue weighted by Gasteiger charge is -2.12. The number of allylic oxidation sites excluding steroid dienone is 2. The third kappa shape index (κ3) is 3.97. The van der Waals surface area contributed by atoms with Gasteiger partial charge in [0.25, 0.3) is 0 Å². The van der Waals surface area contributed by atoms with E-state index in [-0.39, 0.29) is 5.92 Å². The summed E-state index contributed by atoms with van der Waals surface area (Å²) in [7, 11) is 0. The molecule has 0 heterocycles. The van der Waals surface area contributed by atoms with Crippen molar-refractivity contribution in [1.29, 1.82) is 0 Å². The molecule has 0 amide bonds. The van der Waals surface area contributed by atoms with Crippen molar-refractivity contribution >= 4 is 6.29 Å². The molecule has 0 rings (SSSR count). The predicted octanol–water partition coefficient (Wildman–Crippen LogP) is 2.81. The van der Waals surface area contributed by atoms with Crippen LogP contribution in [0.2, 0.25) is 0 Å². The molecule has 0 aliphatic rings. The monoisotopic (exact) mass is 154 g/mol. The lowest BCUT2D eigenvalue weighted by molar-refractivity contribution is -0.111. The van der Waals surface area contributed by atoms with Gasteiger partial charge in [0.15, 0.2) is 0 Å². The first-order valence-electron chi connectivity index (χ1n) is 4.38. The normalized spacial score (nSPS) is 16.6. The zero-order valence-electron chi connectivity index (χ0n) is 7.71. The smallest absolute Gasteiger partial charge is 0.123 e. The van der Waals surface area contributed by atoms with Crippen molar-refractivity contribution in [2.24, 2.45) is 11.8 Å². The molecule has 0 aromatic rings. The summed E-state index contributed by atoms with van der Waals surface area (Å²) in [6.45, 7) is 6.20. The van der Waals surface area contributed by atoms with Crippen molar-refractivity contribution in [3.05, 3.63) is 12.2 Å². The standard InChI is InChI=1S/C10H18O/c1-4-6-7-10(5-2)9(3)8-11/h6-10H,4-5H2,1-3H3/b7-6-. The fourth-order valence-electron chi connectivity index (χ4n) is 1.09. The summed E-state index contributed by atoms with van der Waals surface area (Å²) >= 11 is 0. The molecule has 0 aromatic heterocycles. The number of carbonyl (C=O) groups is 1. The molecule has 2 atom stereocenters. The van der Waals surface area contributed by atoms with Crippen LogP contribution < -0.4 is 0 Å². The highest BCUT2D eigenvalue weighted by Gasteiger charge is 2.09. The van der Waals surface area contributed by atoms with E-state index in [0.29, 0.717) is 5.92 Å². The Labute approximate surface area is 69.5 Å². The molecular formula is C10H18O. The minimum atomic E-state index is 0.169. The maximum Gasteiger partial charge on any atom is 0.123 e. The lowest BCUT2D eigenvalue weighted by Crippen LogP contribution is -2.08. The van der Waals surface area contributed by atoms with Gasteiger partial charge >= 0.3 is 0 Å². The van der Waals surface area contributed by atoms with Gasteiger partial charge in [-0.05, 0) is 18.8 Å². The Hall–Kier alpha value is -0.590. The second-order valence-corrected chi connectivity index (χ2v) is 2.90. The van der Waals surface area contributed by atoms with E-state index < -0.39 is 0 Å². The summed E-state index contributed by atoms with van der Waals surface area (Å²) in [5.41, 5.74) is 0. The van der Waals surface area contributed by atoms with Crippen molar-refractivity contribution in [3.8, 4) is 0 Å². The lowest BCUT2D eigenvalue weighted by atomic mass is 9.92.